The number of aromatic amines is 1. The van der Waals surface area contributed by atoms with Crippen molar-refractivity contribution in [3.05, 3.63) is 113 Å². The summed E-state index contributed by atoms with van der Waals surface area (Å²) in [5.74, 6) is 0.229. The van der Waals surface area contributed by atoms with Crippen molar-refractivity contribution in [1.82, 2.24) is 24.7 Å². The summed E-state index contributed by atoms with van der Waals surface area (Å²) in [5.41, 5.74) is 6.01. The number of hydrogen-bond donors (Lipinski definition) is 3. The number of Topliss-reactive ketones (excluding diaryl/α,β-unsaturated/α-hetero) is 1. The molecule has 0 aliphatic heterocycles. The zero-order chi connectivity index (χ0) is 28.2. The molecule has 1 amide bonds. The van der Waals surface area contributed by atoms with E-state index in [0.717, 1.165) is 39.3 Å². The zero-order valence-electron chi connectivity index (χ0n) is 22.3. The molecule has 10 heteroatoms. The molecule has 0 bridgehead atoms. The van der Waals surface area contributed by atoms with Gasteiger partial charge in [-0.3, -0.25) is 25.0 Å². The van der Waals surface area contributed by atoms with Gasteiger partial charge in [0, 0.05) is 46.3 Å². The number of fused-ring (bicyclic) bond motifs is 1. The minimum absolute atomic E-state index is 0.00150. The number of pyridine rings is 1. The van der Waals surface area contributed by atoms with Crippen LogP contribution < -0.4 is 10.6 Å². The van der Waals surface area contributed by atoms with Gasteiger partial charge in [-0.15, -0.1) is 11.3 Å². The first-order valence-corrected chi connectivity index (χ1v) is 14.0. The van der Waals surface area contributed by atoms with Crippen molar-refractivity contribution >= 4 is 45.7 Å². The first kappa shape index (κ1) is 26.1. The summed E-state index contributed by atoms with van der Waals surface area (Å²) in [7, 11) is 0. The van der Waals surface area contributed by atoms with Gasteiger partial charge in [-0.05, 0) is 55.3 Å². The lowest BCUT2D eigenvalue weighted by Crippen LogP contribution is -2.15. The smallest absolute Gasteiger partial charge is 0.268 e. The van der Waals surface area contributed by atoms with E-state index < -0.39 is 0 Å². The highest BCUT2D eigenvalue weighted by atomic mass is 32.1. The van der Waals surface area contributed by atoms with Crippen molar-refractivity contribution in [2.45, 2.75) is 19.9 Å². The van der Waals surface area contributed by atoms with E-state index in [0.29, 0.717) is 28.5 Å². The number of aromatic nitrogens is 5. The molecule has 4 aromatic heterocycles. The van der Waals surface area contributed by atoms with Crippen LogP contribution in [0.3, 0.4) is 0 Å². The number of thiophene rings is 1. The Bertz CT molecular complexity index is 1810. The number of rotatable bonds is 10. The van der Waals surface area contributed by atoms with Gasteiger partial charge in [0.25, 0.3) is 5.91 Å². The first-order chi connectivity index (χ1) is 20.0. The summed E-state index contributed by atoms with van der Waals surface area (Å²) in [6.07, 6.45) is 6.12. The van der Waals surface area contributed by atoms with Gasteiger partial charge < -0.3 is 9.88 Å². The SMILES string of the molecule is Cc1ccc(CCn2c(NC(=O)c3ccc(-c4cn[nH]c4)s3)nc3cc(NCC(=O)c4ccccc4)ccc32)cn1. The molecule has 0 spiro atoms. The second-order valence-electron chi connectivity index (χ2n) is 9.60. The summed E-state index contributed by atoms with van der Waals surface area (Å²) in [4.78, 5) is 36.6. The maximum Gasteiger partial charge on any atom is 0.268 e. The number of H-pyrrole nitrogens is 1. The number of imidazole rings is 1. The lowest BCUT2D eigenvalue weighted by atomic mass is 10.1. The number of carbonyl (C=O) groups excluding carboxylic acids is 2. The van der Waals surface area contributed by atoms with Gasteiger partial charge in [0.05, 0.1) is 28.7 Å². The number of aryl methyl sites for hydroxylation is 3. The number of nitrogens with zero attached hydrogens (tertiary/aromatic N) is 4. The molecule has 6 rings (SSSR count). The fourth-order valence-corrected chi connectivity index (χ4v) is 5.40. The quantitative estimate of drug-likeness (QED) is 0.177. The van der Waals surface area contributed by atoms with Gasteiger partial charge in [-0.2, -0.15) is 5.10 Å². The number of carbonyl (C=O) groups is 2. The summed E-state index contributed by atoms with van der Waals surface area (Å²) < 4.78 is 2.01. The van der Waals surface area contributed by atoms with Gasteiger partial charge in [-0.1, -0.05) is 36.4 Å². The molecule has 0 aliphatic rings. The van der Waals surface area contributed by atoms with Crippen LogP contribution in [0.5, 0.6) is 0 Å². The Morgan fingerprint density at radius 2 is 1.88 bits per heavy atom. The normalized spacial score (nSPS) is 11.0. The average Bonchev–Trinajstić information content (AvgIpc) is 3.76. The Balaban J connectivity index is 1.25. The molecule has 6 aromatic rings. The van der Waals surface area contributed by atoms with Crippen LogP contribution >= 0.6 is 11.3 Å². The third kappa shape index (κ3) is 5.92. The number of benzene rings is 2. The summed E-state index contributed by atoms with van der Waals surface area (Å²) in [6.45, 7) is 2.72. The molecule has 9 nitrogen and oxygen atoms in total. The predicted octanol–water partition coefficient (Wildman–Crippen LogP) is 5.98. The number of hydrogen-bond acceptors (Lipinski definition) is 7. The maximum absolute atomic E-state index is 13.3. The number of amides is 1. The van der Waals surface area contributed by atoms with Crippen molar-refractivity contribution in [3.63, 3.8) is 0 Å². The highest BCUT2D eigenvalue weighted by Gasteiger charge is 2.17. The van der Waals surface area contributed by atoms with Crippen molar-refractivity contribution < 1.29 is 9.59 Å². The monoisotopic (exact) mass is 561 g/mol. The molecule has 2 aromatic carbocycles. The molecular weight excluding hydrogens is 534 g/mol. The largest absolute Gasteiger partial charge is 0.378 e. The van der Waals surface area contributed by atoms with Crippen molar-refractivity contribution in [2.24, 2.45) is 0 Å². The molecule has 0 aliphatic carbocycles. The van der Waals surface area contributed by atoms with Gasteiger partial charge >= 0.3 is 0 Å². The second kappa shape index (κ2) is 11.6. The Morgan fingerprint density at radius 3 is 2.66 bits per heavy atom. The molecule has 0 fully saturated rings. The molecule has 0 saturated heterocycles. The Hall–Kier alpha value is -5.09. The molecule has 0 saturated carbocycles. The molecule has 4 heterocycles. The topological polar surface area (TPSA) is 118 Å². The zero-order valence-corrected chi connectivity index (χ0v) is 23.1. The van der Waals surface area contributed by atoms with Crippen molar-refractivity contribution in [1.29, 1.82) is 0 Å². The molecule has 0 atom stereocenters. The predicted molar refractivity (Wildman–Crippen MR) is 162 cm³/mol. The van der Waals surface area contributed by atoms with E-state index in [2.05, 4.69) is 31.9 Å². The van der Waals surface area contributed by atoms with Gasteiger partial charge in [0.1, 0.15) is 0 Å². The van der Waals surface area contributed by atoms with E-state index in [9.17, 15) is 9.59 Å². The molecular formula is C31H27N7O2S. The number of anilines is 2. The van der Waals surface area contributed by atoms with Crippen LogP contribution in [-0.4, -0.2) is 43.0 Å². The van der Waals surface area contributed by atoms with E-state index in [-0.39, 0.29) is 18.2 Å². The standard InChI is InChI=1S/C31H27N7O2S/c1-20-7-8-21(16-32-20)13-14-38-26-10-9-24(33-19-27(39)22-5-3-2-4-6-22)15-25(26)36-31(38)37-30(40)29-12-11-28(41-29)23-17-34-35-18-23/h2-12,15-18,33H,13-14,19H2,1H3,(H,34,35)(H,36,37,40). The summed E-state index contributed by atoms with van der Waals surface area (Å²) in [6, 6.07) is 22.8. The van der Waals surface area contributed by atoms with E-state index in [1.54, 1.807) is 30.6 Å². The van der Waals surface area contributed by atoms with Crippen LogP contribution in [0, 0.1) is 6.92 Å². The van der Waals surface area contributed by atoms with Crippen molar-refractivity contribution in [3.8, 4) is 10.4 Å². The molecule has 0 unspecified atom stereocenters. The van der Waals surface area contributed by atoms with Crippen LogP contribution in [0.1, 0.15) is 31.3 Å². The minimum Gasteiger partial charge on any atom is -0.378 e. The van der Waals surface area contributed by atoms with Crippen LogP contribution in [-0.2, 0) is 13.0 Å². The highest BCUT2D eigenvalue weighted by Crippen LogP contribution is 2.29. The van der Waals surface area contributed by atoms with E-state index in [1.807, 2.05) is 66.2 Å². The van der Waals surface area contributed by atoms with Crippen LogP contribution in [0.15, 0.2) is 91.4 Å². The first-order valence-electron chi connectivity index (χ1n) is 13.2. The number of ketones is 1. The summed E-state index contributed by atoms with van der Waals surface area (Å²) in [5, 5.41) is 13.0. The van der Waals surface area contributed by atoms with Gasteiger partial charge in [-0.25, -0.2) is 4.98 Å². The second-order valence-corrected chi connectivity index (χ2v) is 10.7. The third-order valence-corrected chi connectivity index (χ3v) is 7.86. The molecule has 41 heavy (non-hydrogen) atoms. The highest BCUT2D eigenvalue weighted by molar-refractivity contribution is 7.17. The summed E-state index contributed by atoms with van der Waals surface area (Å²) >= 11 is 1.39. The minimum atomic E-state index is -0.231. The lowest BCUT2D eigenvalue weighted by molar-refractivity contribution is 0.100. The average molecular weight is 562 g/mol. The maximum atomic E-state index is 13.3. The van der Waals surface area contributed by atoms with Gasteiger partial charge in [0.15, 0.2) is 5.78 Å². The Kier molecular flexibility index (Phi) is 7.38. The Morgan fingerprint density at radius 1 is 1.00 bits per heavy atom. The molecule has 204 valence electrons. The fraction of sp³-hybridized carbons (Fsp3) is 0.129. The lowest BCUT2D eigenvalue weighted by Gasteiger charge is -2.10. The number of nitrogens with one attached hydrogen (secondary N) is 3. The van der Waals surface area contributed by atoms with Crippen LogP contribution in [0.25, 0.3) is 21.5 Å². The van der Waals surface area contributed by atoms with E-state index in [4.69, 9.17) is 4.98 Å². The van der Waals surface area contributed by atoms with Crippen LogP contribution in [0.2, 0.25) is 0 Å². The van der Waals surface area contributed by atoms with E-state index in [1.165, 1.54) is 11.3 Å². The molecule has 0 radical (unpaired) electrons. The fourth-order valence-electron chi connectivity index (χ4n) is 4.52. The van der Waals surface area contributed by atoms with Gasteiger partial charge in [0.2, 0.25) is 5.95 Å². The molecule has 3 N–H and O–H groups in total. The van der Waals surface area contributed by atoms with E-state index >= 15 is 0 Å². The van der Waals surface area contributed by atoms with Crippen LogP contribution in [0.4, 0.5) is 11.6 Å². The third-order valence-electron chi connectivity index (χ3n) is 6.73. The Labute approximate surface area is 240 Å². The van der Waals surface area contributed by atoms with Crippen molar-refractivity contribution in [2.75, 3.05) is 17.2 Å².